The van der Waals surface area contributed by atoms with Crippen LogP contribution in [0.3, 0.4) is 0 Å². The van der Waals surface area contributed by atoms with Crippen molar-refractivity contribution in [2.24, 2.45) is 0 Å². The number of rotatable bonds is 5. The second kappa shape index (κ2) is 7.74. The number of aryl methyl sites for hydroxylation is 1. The summed E-state index contributed by atoms with van der Waals surface area (Å²) in [7, 11) is 0. The van der Waals surface area contributed by atoms with Crippen LogP contribution >= 0.6 is 0 Å². The molecule has 2 aliphatic rings. The maximum absolute atomic E-state index is 5.44. The van der Waals surface area contributed by atoms with Crippen molar-refractivity contribution in [3.05, 3.63) is 60.4 Å². The van der Waals surface area contributed by atoms with E-state index >= 15 is 0 Å². The second-order valence-corrected chi connectivity index (χ2v) is 8.49. The monoisotopic (exact) mass is 404 g/mol. The third kappa shape index (κ3) is 3.78. The Balaban J connectivity index is 1.28. The Morgan fingerprint density at radius 2 is 1.73 bits per heavy atom. The molecule has 2 saturated heterocycles. The summed E-state index contributed by atoms with van der Waals surface area (Å²) in [4.78, 5) is 9.46. The molecule has 0 aliphatic carbocycles. The minimum absolute atomic E-state index is 0.231. The maximum atomic E-state index is 5.44. The van der Waals surface area contributed by atoms with E-state index in [2.05, 4.69) is 57.2 Å². The van der Waals surface area contributed by atoms with Gasteiger partial charge in [0, 0.05) is 37.6 Å². The number of para-hydroxylation sites is 1. The summed E-state index contributed by atoms with van der Waals surface area (Å²) in [5, 5.41) is 7.93. The fourth-order valence-electron chi connectivity index (χ4n) is 4.26. The highest BCUT2D eigenvalue weighted by atomic mass is 16.5. The van der Waals surface area contributed by atoms with E-state index in [1.807, 2.05) is 30.3 Å². The van der Waals surface area contributed by atoms with E-state index in [4.69, 9.17) is 4.74 Å². The molecule has 0 saturated carbocycles. The molecule has 3 heterocycles. The van der Waals surface area contributed by atoms with Crippen LogP contribution in [0.1, 0.15) is 12.5 Å². The summed E-state index contributed by atoms with van der Waals surface area (Å²) in [6.07, 6.45) is 1.73. The minimum Gasteiger partial charge on any atom is -0.377 e. The fourth-order valence-corrected chi connectivity index (χ4v) is 4.26. The lowest BCUT2D eigenvalue weighted by Gasteiger charge is -2.50. The number of aromatic nitrogens is 3. The number of hydrogen-bond donors (Lipinski definition) is 1. The summed E-state index contributed by atoms with van der Waals surface area (Å²) in [6, 6.07) is 16.6. The van der Waals surface area contributed by atoms with Gasteiger partial charge in [-0.2, -0.15) is 4.98 Å². The average Bonchev–Trinajstić information content (AvgIpc) is 3.21. The lowest BCUT2D eigenvalue weighted by atomic mass is 9.97. The normalized spacial score (nSPS) is 18.8. The van der Waals surface area contributed by atoms with Crippen molar-refractivity contribution in [3.8, 4) is 5.69 Å². The van der Waals surface area contributed by atoms with Crippen LogP contribution in [0.5, 0.6) is 0 Å². The predicted octanol–water partition coefficient (Wildman–Crippen LogP) is 3.23. The Labute approximate surface area is 177 Å². The van der Waals surface area contributed by atoms with Crippen molar-refractivity contribution in [1.29, 1.82) is 0 Å². The molecule has 1 aromatic heterocycles. The third-order valence-electron chi connectivity index (χ3n) is 6.07. The van der Waals surface area contributed by atoms with Gasteiger partial charge in [0.2, 0.25) is 5.95 Å². The van der Waals surface area contributed by atoms with Crippen LogP contribution in [0, 0.1) is 6.92 Å². The summed E-state index contributed by atoms with van der Waals surface area (Å²) < 4.78 is 7.22. The first-order valence-electron chi connectivity index (χ1n) is 10.5. The SMILES string of the molecule is Cc1cc(Nc2ncn(-c3ccccc3)n2)cc(N2CCN(C3(C)COC3)CC2)c1. The molecule has 7 nitrogen and oxygen atoms in total. The molecule has 2 fully saturated rings. The maximum Gasteiger partial charge on any atom is 0.246 e. The van der Waals surface area contributed by atoms with Crippen molar-refractivity contribution in [2.45, 2.75) is 19.4 Å². The van der Waals surface area contributed by atoms with Crippen LogP contribution in [-0.4, -0.2) is 64.6 Å². The topological polar surface area (TPSA) is 58.5 Å². The minimum atomic E-state index is 0.231. The van der Waals surface area contributed by atoms with Gasteiger partial charge in [-0.1, -0.05) is 18.2 Å². The lowest BCUT2D eigenvalue weighted by molar-refractivity contribution is -0.131. The first-order chi connectivity index (χ1) is 14.6. The van der Waals surface area contributed by atoms with E-state index in [9.17, 15) is 0 Å². The first-order valence-corrected chi connectivity index (χ1v) is 10.5. The number of nitrogens with one attached hydrogen (secondary N) is 1. The van der Waals surface area contributed by atoms with Crippen LogP contribution in [0.15, 0.2) is 54.9 Å². The predicted molar refractivity (Wildman–Crippen MR) is 119 cm³/mol. The number of anilines is 3. The Morgan fingerprint density at radius 1 is 0.967 bits per heavy atom. The molecule has 0 atom stereocenters. The summed E-state index contributed by atoms with van der Waals surface area (Å²) >= 11 is 0. The van der Waals surface area contributed by atoms with Gasteiger partial charge >= 0.3 is 0 Å². The standard InChI is InChI=1S/C23H28N6O/c1-18-12-19(25-22-24-17-29(26-22)20-6-4-3-5-7-20)14-21(13-18)27-8-10-28(11-9-27)23(2)15-30-16-23/h3-7,12-14,17H,8-11,15-16H2,1-2H3,(H,25,26). The number of benzene rings is 2. The quantitative estimate of drug-likeness (QED) is 0.705. The molecular weight excluding hydrogens is 376 g/mol. The molecule has 7 heteroatoms. The van der Waals surface area contributed by atoms with E-state index in [0.717, 1.165) is 50.8 Å². The highest BCUT2D eigenvalue weighted by molar-refractivity contribution is 5.64. The number of ether oxygens (including phenoxy) is 1. The number of nitrogens with zero attached hydrogens (tertiary/aromatic N) is 5. The molecular formula is C23H28N6O. The third-order valence-corrected chi connectivity index (χ3v) is 6.07. The molecule has 5 rings (SSSR count). The molecule has 0 amide bonds. The number of hydrogen-bond acceptors (Lipinski definition) is 6. The second-order valence-electron chi connectivity index (χ2n) is 8.49. The lowest BCUT2D eigenvalue weighted by Crippen LogP contribution is -2.64. The van der Waals surface area contributed by atoms with Gasteiger partial charge in [-0.25, -0.2) is 4.68 Å². The summed E-state index contributed by atoms with van der Waals surface area (Å²) in [5.41, 5.74) is 4.70. The van der Waals surface area contributed by atoms with E-state index in [-0.39, 0.29) is 5.54 Å². The Kier molecular flexibility index (Phi) is 4.92. The smallest absolute Gasteiger partial charge is 0.246 e. The molecule has 30 heavy (non-hydrogen) atoms. The molecule has 3 aromatic rings. The highest BCUT2D eigenvalue weighted by Gasteiger charge is 2.40. The Hall–Kier alpha value is -2.90. The first kappa shape index (κ1) is 19.1. The van der Waals surface area contributed by atoms with Gasteiger partial charge in [0.1, 0.15) is 6.33 Å². The van der Waals surface area contributed by atoms with Gasteiger partial charge in [-0.15, -0.1) is 5.10 Å². The van der Waals surface area contributed by atoms with Gasteiger partial charge in [0.25, 0.3) is 0 Å². The van der Waals surface area contributed by atoms with E-state index in [0.29, 0.717) is 5.95 Å². The van der Waals surface area contributed by atoms with E-state index in [1.165, 1.54) is 11.3 Å². The van der Waals surface area contributed by atoms with Gasteiger partial charge < -0.3 is 15.0 Å². The Bertz CT molecular complexity index is 1010. The summed E-state index contributed by atoms with van der Waals surface area (Å²) in [6.45, 7) is 10.3. The van der Waals surface area contributed by atoms with Crippen LogP contribution in [0.2, 0.25) is 0 Å². The van der Waals surface area contributed by atoms with E-state index in [1.54, 1.807) is 11.0 Å². The zero-order chi connectivity index (χ0) is 20.6. The zero-order valence-corrected chi connectivity index (χ0v) is 17.6. The van der Waals surface area contributed by atoms with Crippen LogP contribution in [0.25, 0.3) is 5.69 Å². The van der Waals surface area contributed by atoms with Crippen molar-refractivity contribution in [2.75, 3.05) is 49.6 Å². The molecule has 0 unspecified atom stereocenters. The van der Waals surface area contributed by atoms with E-state index < -0.39 is 0 Å². The highest BCUT2D eigenvalue weighted by Crippen LogP contribution is 2.29. The van der Waals surface area contributed by atoms with Crippen LogP contribution in [0.4, 0.5) is 17.3 Å². The van der Waals surface area contributed by atoms with Crippen LogP contribution < -0.4 is 10.2 Å². The largest absolute Gasteiger partial charge is 0.377 e. The van der Waals surface area contributed by atoms with Crippen molar-refractivity contribution >= 4 is 17.3 Å². The van der Waals surface area contributed by atoms with Crippen molar-refractivity contribution in [3.63, 3.8) is 0 Å². The van der Waals surface area contributed by atoms with Gasteiger partial charge in [-0.05, 0) is 49.7 Å². The van der Waals surface area contributed by atoms with Gasteiger partial charge in [-0.3, -0.25) is 4.90 Å². The molecule has 0 radical (unpaired) electrons. The van der Waals surface area contributed by atoms with Gasteiger partial charge in [0.15, 0.2) is 0 Å². The molecule has 0 spiro atoms. The average molecular weight is 405 g/mol. The molecule has 2 aromatic carbocycles. The zero-order valence-electron chi connectivity index (χ0n) is 17.6. The molecule has 2 aliphatic heterocycles. The van der Waals surface area contributed by atoms with Crippen molar-refractivity contribution < 1.29 is 4.74 Å². The fraction of sp³-hybridized carbons (Fsp3) is 0.391. The number of piperazine rings is 1. The summed E-state index contributed by atoms with van der Waals surface area (Å²) in [5.74, 6) is 0.595. The molecule has 1 N–H and O–H groups in total. The van der Waals surface area contributed by atoms with Gasteiger partial charge in [0.05, 0.1) is 24.4 Å². The van der Waals surface area contributed by atoms with Crippen LogP contribution in [-0.2, 0) is 4.74 Å². The molecule has 156 valence electrons. The van der Waals surface area contributed by atoms with Crippen molar-refractivity contribution in [1.82, 2.24) is 19.7 Å². The molecule has 0 bridgehead atoms. The Morgan fingerprint density at radius 3 is 2.43 bits per heavy atom.